The summed E-state index contributed by atoms with van der Waals surface area (Å²) in [7, 11) is 0. The monoisotopic (exact) mass is 565 g/mol. The zero-order chi connectivity index (χ0) is 28.8. The Kier molecular flexibility index (Phi) is 9.00. The van der Waals surface area contributed by atoms with Crippen LogP contribution >= 0.6 is 0 Å². The van der Waals surface area contributed by atoms with Crippen molar-refractivity contribution >= 4 is 28.7 Å². The SMILES string of the molecule is C[C@H](Nc1nc(N2CCOCC2)cc(-n2c(C(F)F)nc3ccccc32)n1)C(=O)N(CCO)CCc1ccccc1. The third-order valence-electron chi connectivity index (χ3n) is 6.96. The lowest BCUT2D eigenvalue weighted by molar-refractivity contribution is -0.132. The van der Waals surface area contributed by atoms with E-state index in [2.05, 4.69) is 20.3 Å². The summed E-state index contributed by atoms with van der Waals surface area (Å²) in [6, 6.07) is 17.6. The number of nitrogens with zero attached hydrogens (tertiary/aromatic N) is 6. The molecule has 2 aromatic heterocycles. The molecule has 216 valence electrons. The highest BCUT2D eigenvalue weighted by molar-refractivity contribution is 5.84. The van der Waals surface area contributed by atoms with Crippen LogP contribution in [0.5, 0.6) is 0 Å². The van der Waals surface area contributed by atoms with Gasteiger partial charge in [0.1, 0.15) is 17.7 Å². The van der Waals surface area contributed by atoms with Gasteiger partial charge in [0.2, 0.25) is 11.9 Å². The van der Waals surface area contributed by atoms with Gasteiger partial charge in [0.05, 0.1) is 30.9 Å². The van der Waals surface area contributed by atoms with Crippen LogP contribution in [0.2, 0.25) is 0 Å². The van der Waals surface area contributed by atoms with E-state index < -0.39 is 18.3 Å². The van der Waals surface area contributed by atoms with Crippen LogP contribution in [0.15, 0.2) is 60.7 Å². The van der Waals surface area contributed by atoms with Gasteiger partial charge >= 0.3 is 0 Å². The number of aliphatic hydroxyl groups is 1. The predicted molar refractivity (Wildman–Crippen MR) is 152 cm³/mol. The minimum Gasteiger partial charge on any atom is -0.395 e. The topological polar surface area (TPSA) is 109 Å². The number of fused-ring (bicyclic) bond motifs is 1. The van der Waals surface area contributed by atoms with Crippen molar-refractivity contribution in [2.75, 3.05) is 56.2 Å². The molecule has 1 fully saturated rings. The molecule has 2 N–H and O–H groups in total. The van der Waals surface area contributed by atoms with Crippen molar-refractivity contribution in [3.05, 3.63) is 72.1 Å². The van der Waals surface area contributed by atoms with Crippen LogP contribution in [-0.4, -0.2) is 87.5 Å². The van der Waals surface area contributed by atoms with Gasteiger partial charge in [0, 0.05) is 32.2 Å². The molecule has 4 aromatic rings. The van der Waals surface area contributed by atoms with Gasteiger partial charge in [-0.25, -0.2) is 13.8 Å². The molecule has 41 heavy (non-hydrogen) atoms. The summed E-state index contributed by atoms with van der Waals surface area (Å²) in [5, 5.41) is 12.7. The van der Waals surface area contributed by atoms with E-state index in [4.69, 9.17) is 4.74 Å². The zero-order valence-corrected chi connectivity index (χ0v) is 22.8. The molecule has 0 unspecified atom stereocenters. The molecular weight excluding hydrogens is 532 g/mol. The summed E-state index contributed by atoms with van der Waals surface area (Å²) in [6.45, 7) is 4.27. The molecule has 1 amide bonds. The summed E-state index contributed by atoms with van der Waals surface area (Å²) in [6.07, 6.45) is -2.20. The number of hydrogen-bond acceptors (Lipinski definition) is 8. The molecule has 1 aliphatic heterocycles. The second-order valence-electron chi connectivity index (χ2n) is 9.75. The van der Waals surface area contributed by atoms with Crippen LogP contribution in [0.25, 0.3) is 16.9 Å². The Labute approximate surface area is 236 Å². The Hall–Kier alpha value is -4.16. The summed E-state index contributed by atoms with van der Waals surface area (Å²) >= 11 is 0. The van der Waals surface area contributed by atoms with Gasteiger partial charge in [0.15, 0.2) is 5.82 Å². The molecule has 10 nitrogen and oxygen atoms in total. The van der Waals surface area contributed by atoms with Crippen molar-refractivity contribution in [2.45, 2.75) is 25.8 Å². The van der Waals surface area contributed by atoms with Crippen molar-refractivity contribution in [3.8, 4) is 5.82 Å². The maximum absolute atomic E-state index is 14.1. The van der Waals surface area contributed by atoms with E-state index in [1.807, 2.05) is 35.2 Å². The number of anilines is 2. The van der Waals surface area contributed by atoms with Gasteiger partial charge in [-0.1, -0.05) is 42.5 Å². The molecule has 1 aliphatic rings. The number of imidazole rings is 1. The number of carbonyl (C=O) groups excluding carboxylic acids is 1. The molecule has 12 heteroatoms. The maximum atomic E-state index is 14.1. The largest absolute Gasteiger partial charge is 0.395 e. The second-order valence-corrected chi connectivity index (χ2v) is 9.75. The lowest BCUT2D eigenvalue weighted by Gasteiger charge is -2.29. The highest BCUT2D eigenvalue weighted by Gasteiger charge is 2.25. The van der Waals surface area contributed by atoms with Gasteiger partial charge < -0.3 is 25.0 Å². The third kappa shape index (κ3) is 6.60. The number of amides is 1. The molecule has 1 saturated heterocycles. The van der Waals surface area contributed by atoms with Crippen LogP contribution in [0, 0.1) is 0 Å². The molecule has 0 radical (unpaired) electrons. The van der Waals surface area contributed by atoms with Crippen molar-refractivity contribution in [1.29, 1.82) is 0 Å². The van der Waals surface area contributed by atoms with Crippen molar-refractivity contribution in [3.63, 3.8) is 0 Å². The molecule has 5 rings (SSSR count). The lowest BCUT2D eigenvalue weighted by Crippen LogP contribution is -2.44. The van der Waals surface area contributed by atoms with Gasteiger partial charge in [-0.05, 0) is 31.0 Å². The Morgan fingerprint density at radius 2 is 1.73 bits per heavy atom. The first kappa shape index (κ1) is 28.4. The number of morpholine rings is 1. The van der Waals surface area contributed by atoms with Crippen LogP contribution in [0.4, 0.5) is 20.5 Å². The average Bonchev–Trinajstić information content (AvgIpc) is 3.40. The van der Waals surface area contributed by atoms with E-state index in [1.54, 1.807) is 42.2 Å². The van der Waals surface area contributed by atoms with E-state index in [-0.39, 0.29) is 30.8 Å². The van der Waals surface area contributed by atoms with Gasteiger partial charge in [0.25, 0.3) is 6.43 Å². The summed E-state index contributed by atoms with van der Waals surface area (Å²) in [5.74, 6) is 0.190. The molecule has 0 aliphatic carbocycles. The quantitative estimate of drug-likeness (QED) is 0.285. The normalized spacial score (nSPS) is 14.4. The lowest BCUT2D eigenvalue weighted by atomic mass is 10.1. The zero-order valence-electron chi connectivity index (χ0n) is 22.8. The predicted octanol–water partition coefficient (Wildman–Crippen LogP) is 3.45. The highest BCUT2D eigenvalue weighted by atomic mass is 19.3. The smallest absolute Gasteiger partial charge is 0.296 e. The number of benzene rings is 2. The molecule has 0 spiro atoms. The fourth-order valence-electron chi connectivity index (χ4n) is 4.88. The van der Waals surface area contributed by atoms with Crippen molar-refractivity contribution in [1.82, 2.24) is 24.4 Å². The van der Waals surface area contributed by atoms with E-state index in [0.29, 0.717) is 56.1 Å². The maximum Gasteiger partial charge on any atom is 0.296 e. The summed E-state index contributed by atoms with van der Waals surface area (Å²) in [4.78, 5) is 30.4. The number of hydrogen-bond donors (Lipinski definition) is 2. The first-order valence-corrected chi connectivity index (χ1v) is 13.6. The highest BCUT2D eigenvalue weighted by Crippen LogP contribution is 2.29. The first-order valence-electron chi connectivity index (χ1n) is 13.6. The molecule has 0 bridgehead atoms. The number of aromatic nitrogens is 4. The van der Waals surface area contributed by atoms with Crippen LogP contribution in [0.3, 0.4) is 0 Å². The first-order chi connectivity index (χ1) is 19.9. The van der Waals surface area contributed by atoms with E-state index in [1.165, 1.54) is 4.57 Å². The standard InChI is InChI=1S/C29H33F2N7O3/c1-20(28(40)37(13-16-39)12-11-21-7-3-2-4-8-21)32-29-34-24(36-14-17-41-18-15-36)19-25(35-29)38-23-10-6-5-9-22(23)33-27(38)26(30)31/h2-10,19-20,26,39H,11-18H2,1H3,(H,32,34,35)/t20-/m0/s1. The van der Waals surface area contributed by atoms with E-state index in [9.17, 15) is 18.7 Å². The number of alkyl halides is 2. The second kappa shape index (κ2) is 13.0. The fourth-order valence-corrected chi connectivity index (χ4v) is 4.88. The average molecular weight is 566 g/mol. The number of ether oxygens (including phenoxy) is 1. The summed E-state index contributed by atoms with van der Waals surface area (Å²) in [5.41, 5.74) is 1.99. The fraction of sp³-hybridized carbons (Fsp3) is 0.379. The van der Waals surface area contributed by atoms with Gasteiger partial charge in [-0.15, -0.1) is 0 Å². The molecule has 2 aromatic carbocycles. The Bertz CT molecular complexity index is 1460. The van der Waals surface area contributed by atoms with Crippen molar-refractivity contribution in [2.24, 2.45) is 0 Å². The number of aliphatic hydroxyl groups excluding tert-OH is 1. The number of carbonyl (C=O) groups is 1. The third-order valence-corrected chi connectivity index (χ3v) is 6.96. The minimum atomic E-state index is -2.84. The minimum absolute atomic E-state index is 0.120. The van der Waals surface area contributed by atoms with Crippen LogP contribution in [-0.2, 0) is 16.0 Å². The molecule has 3 heterocycles. The van der Waals surface area contributed by atoms with Crippen molar-refractivity contribution < 1.29 is 23.4 Å². The Morgan fingerprint density at radius 3 is 2.46 bits per heavy atom. The van der Waals surface area contributed by atoms with Crippen LogP contribution < -0.4 is 10.2 Å². The Morgan fingerprint density at radius 1 is 1.02 bits per heavy atom. The molecule has 0 saturated carbocycles. The number of halogens is 2. The Balaban J connectivity index is 1.46. The molecule has 1 atom stereocenters. The molecular formula is C29H33F2N7O3. The van der Waals surface area contributed by atoms with Gasteiger partial charge in [-0.3, -0.25) is 9.36 Å². The number of rotatable bonds is 11. The van der Waals surface area contributed by atoms with Gasteiger partial charge in [-0.2, -0.15) is 9.97 Å². The number of nitrogens with one attached hydrogen (secondary N) is 1. The number of para-hydroxylation sites is 2. The summed E-state index contributed by atoms with van der Waals surface area (Å²) < 4.78 is 35.1. The van der Waals surface area contributed by atoms with Crippen LogP contribution in [0.1, 0.15) is 24.7 Å². The van der Waals surface area contributed by atoms with E-state index in [0.717, 1.165) is 5.56 Å². The van der Waals surface area contributed by atoms with E-state index >= 15 is 0 Å².